The van der Waals surface area contributed by atoms with Crippen LogP contribution in [0.15, 0.2) is 18.2 Å². The monoisotopic (exact) mass is 313 g/mol. The lowest BCUT2D eigenvalue weighted by Crippen LogP contribution is -2.38. The van der Waals surface area contributed by atoms with E-state index in [1.807, 2.05) is 6.07 Å². The smallest absolute Gasteiger partial charge is 0.141 e. The lowest BCUT2D eigenvalue weighted by Gasteiger charge is -2.34. The minimum atomic E-state index is -0.377. The fourth-order valence-electron chi connectivity index (χ4n) is 3.54. The molecule has 0 radical (unpaired) electrons. The first-order valence-electron chi connectivity index (χ1n) is 7.55. The summed E-state index contributed by atoms with van der Waals surface area (Å²) in [6.07, 6.45) is 0.951. The molecule has 2 rings (SSSR count). The maximum atomic E-state index is 13.4. The van der Waals surface area contributed by atoms with Gasteiger partial charge in [0.05, 0.1) is 16.2 Å². The molecule has 0 amide bonds. The van der Waals surface area contributed by atoms with E-state index in [1.54, 1.807) is 6.07 Å². The van der Waals surface area contributed by atoms with Crippen molar-refractivity contribution < 1.29 is 9.13 Å². The molecule has 0 aliphatic carbocycles. The molecule has 2 atom stereocenters. The number of halogens is 2. The summed E-state index contributed by atoms with van der Waals surface area (Å²) in [7, 11) is 0. The largest absolute Gasteiger partial charge is 0.369 e. The molecule has 1 saturated heterocycles. The van der Waals surface area contributed by atoms with Gasteiger partial charge in [0.1, 0.15) is 5.82 Å². The third-order valence-corrected chi connectivity index (χ3v) is 4.56. The van der Waals surface area contributed by atoms with Crippen LogP contribution in [0.4, 0.5) is 4.39 Å². The molecule has 0 spiro atoms. The molecule has 1 aromatic carbocycles. The molecular formula is C17H25ClFNO. The Hall–Kier alpha value is -0.640. The van der Waals surface area contributed by atoms with Gasteiger partial charge < -0.3 is 10.1 Å². The highest BCUT2D eigenvalue weighted by Gasteiger charge is 2.49. The van der Waals surface area contributed by atoms with E-state index in [9.17, 15) is 4.39 Å². The number of benzene rings is 1. The van der Waals surface area contributed by atoms with Crippen LogP contribution in [0.2, 0.25) is 5.02 Å². The molecule has 0 aromatic heterocycles. The predicted molar refractivity (Wildman–Crippen MR) is 85.2 cm³/mol. The second-order valence-electron chi connectivity index (χ2n) is 6.98. The van der Waals surface area contributed by atoms with Gasteiger partial charge in [0.25, 0.3) is 0 Å². The average molecular weight is 314 g/mol. The van der Waals surface area contributed by atoms with Crippen LogP contribution in [0.25, 0.3) is 0 Å². The van der Waals surface area contributed by atoms with Crippen molar-refractivity contribution in [2.24, 2.45) is 5.92 Å². The Morgan fingerprint density at radius 1 is 1.38 bits per heavy atom. The van der Waals surface area contributed by atoms with Crippen LogP contribution >= 0.6 is 11.6 Å². The van der Waals surface area contributed by atoms with Crippen LogP contribution in [0.1, 0.15) is 52.6 Å². The molecule has 1 fully saturated rings. The summed E-state index contributed by atoms with van der Waals surface area (Å²) in [6, 6.07) is 5.09. The minimum absolute atomic E-state index is 0.102. The zero-order chi connectivity index (χ0) is 15.8. The molecule has 118 valence electrons. The second kappa shape index (κ2) is 5.86. The Morgan fingerprint density at radius 2 is 2.05 bits per heavy atom. The van der Waals surface area contributed by atoms with Crippen LogP contribution in [-0.4, -0.2) is 17.7 Å². The van der Waals surface area contributed by atoms with Crippen molar-refractivity contribution in [2.45, 2.75) is 58.3 Å². The summed E-state index contributed by atoms with van der Waals surface area (Å²) >= 11 is 5.96. The fourth-order valence-corrected chi connectivity index (χ4v) is 3.73. The van der Waals surface area contributed by atoms with E-state index < -0.39 is 0 Å². The zero-order valence-corrected chi connectivity index (χ0v) is 14.2. The summed E-state index contributed by atoms with van der Waals surface area (Å²) < 4.78 is 19.6. The molecule has 4 heteroatoms. The molecule has 1 N–H and O–H groups in total. The first-order chi connectivity index (χ1) is 9.66. The summed E-state index contributed by atoms with van der Waals surface area (Å²) in [6.45, 7) is 11.4. The summed E-state index contributed by atoms with van der Waals surface area (Å²) in [5.74, 6) is -0.0769. The van der Waals surface area contributed by atoms with Gasteiger partial charge in [-0.1, -0.05) is 24.6 Å². The Labute approximate surface area is 132 Å². The molecule has 1 aromatic rings. The Kier molecular flexibility index (Phi) is 4.67. The Bertz CT molecular complexity index is 516. The van der Waals surface area contributed by atoms with Gasteiger partial charge in [0, 0.05) is 12.0 Å². The average Bonchev–Trinajstić information content (AvgIpc) is 2.58. The van der Waals surface area contributed by atoms with Gasteiger partial charge in [-0.05, 0) is 58.4 Å². The van der Waals surface area contributed by atoms with Crippen molar-refractivity contribution in [3.8, 4) is 0 Å². The van der Waals surface area contributed by atoms with Crippen LogP contribution in [0.5, 0.6) is 0 Å². The van der Waals surface area contributed by atoms with Crippen molar-refractivity contribution in [3.05, 3.63) is 34.6 Å². The number of hydrogen-bond acceptors (Lipinski definition) is 2. The molecule has 1 heterocycles. The molecule has 1 aliphatic rings. The van der Waals surface area contributed by atoms with Crippen molar-refractivity contribution in [1.82, 2.24) is 5.32 Å². The maximum Gasteiger partial charge on any atom is 0.141 e. The van der Waals surface area contributed by atoms with Crippen molar-refractivity contribution in [1.29, 1.82) is 0 Å². The van der Waals surface area contributed by atoms with Gasteiger partial charge in [-0.25, -0.2) is 4.39 Å². The molecule has 0 saturated carbocycles. The highest BCUT2D eigenvalue weighted by Crippen LogP contribution is 2.47. The van der Waals surface area contributed by atoms with Crippen molar-refractivity contribution >= 4 is 11.6 Å². The maximum absolute atomic E-state index is 13.4. The van der Waals surface area contributed by atoms with E-state index in [2.05, 4.69) is 39.9 Å². The van der Waals surface area contributed by atoms with E-state index >= 15 is 0 Å². The van der Waals surface area contributed by atoms with Crippen LogP contribution in [0.3, 0.4) is 0 Å². The van der Waals surface area contributed by atoms with Crippen LogP contribution in [-0.2, 0) is 4.74 Å². The second-order valence-corrected chi connectivity index (χ2v) is 7.39. The molecule has 21 heavy (non-hydrogen) atoms. The van der Waals surface area contributed by atoms with Gasteiger partial charge in [-0.3, -0.25) is 0 Å². The number of rotatable bonds is 4. The zero-order valence-electron chi connectivity index (χ0n) is 13.5. The standard InChI is InChI=1S/C17H25ClFNO/c1-6-20-15(11-7-8-14(19)13(18)9-11)12-10-16(2,3)21-17(12,4)5/h7-9,12,15,20H,6,10H2,1-5H3. The van der Waals surface area contributed by atoms with Gasteiger partial charge in [-0.2, -0.15) is 0 Å². The highest BCUT2D eigenvalue weighted by atomic mass is 35.5. The first kappa shape index (κ1) is 16.7. The summed E-state index contributed by atoms with van der Waals surface area (Å²) in [5.41, 5.74) is 0.630. The van der Waals surface area contributed by atoms with Gasteiger partial charge in [0.2, 0.25) is 0 Å². The number of ether oxygens (including phenoxy) is 1. The summed E-state index contributed by atoms with van der Waals surface area (Å²) in [5, 5.41) is 3.69. The van der Waals surface area contributed by atoms with Crippen LogP contribution < -0.4 is 5.32 Å². The fraction of sp³-hybridized carbons (Fsp3) is 0.647. The quantitative estimate of drug-likeness (QED) is 0.868. The van der Waals surface area contributed by atoms with E-state index in [1.165, 1.54) is 6.07 Å². The van der Waals surface area contributed by atoms with Crippen LogP contribution in [0, 0.1) is 11.7 Å². The number of hydrogen-bond donors (Lipinski definition) is 1. The molecule has 1 aliphatic heterocycles. The van der Waals surface area contributed by atoms with Crippen molar-refractivity contribution in [3.63, 3.8) is 0 Å². The Morgan fingerprint density at radius 3 is 2.52 bits per heavy atom. The van der Waals surface area contributed by atoms with Gasteiger partial charge in [0.15, 0.2) is 0 Å². The summed E-state index contributed by atoms with van der Waals surface area (Å²) in [4.78, 5) is 0. The highest BCUT2D eigenvalue weighted by molar-refractivity contribution is 6.30. The van der Waals surface area contributed by atoms with Crippen molar-refractivity contribution in [2.75, 3.05) is 6.54 Å². The lowest BCUT2D eigenvalue weighted by molar-refractivity contribution is -0.0778. The number of nitrogens with one attached hydrogen (secondary N) is 1. The minimum Gasteiger partial charge on any atom is -0.369 e. The van der Waals surface area contributed by atoms with Gasteiger partial charge in [-0.15, -0.1) is 0 Å². The molecule has 2 unspecified atom stereocenters. The third-order valence-electron chi connectivity index (χ3n) is 4.27. The predicted octanol–water partition coefficient (Wildman–Crippen LogP) is 4.72. The van der Waals surface area contributed by atoms with E-state index in [0.29, 0.717) is 5.92 Å². The molecule has 2 nitrogen and oxygen atoms in total. The first-order valence-corrected chi connectivity index (χ1v) is 7.92. The topological polar surface area (TPSA) is 21.3 Å². The molecule has 0 bridgehead atoms. The SMILES string of the molecule is CCNC(c1ccc(F)c(Cl)c1)C1CC(C)(C)OC1(C)C. The Balaban J connectivity index is 2.36. The normalized spacial score (nSPS) is 25.0. The van der Waals surface area contributed by atoms with Gasteiger partial charge >= 0.3 is 0 Å². The molecular weight excluding hydrogens is 289 g/mol. The third kappa shape index (κ3) is 3.58. The van der Waals surface area contributed by atoms with E-state index in [-0.39, 0.29) is 28.1 Å². The van der Waals surface area contributed by atoms with E-state index in [4.69, 9.17) is 16.3 Å². The lowest BCUT2D eigenvalue weighted by atomic mass is 9.79. The van der Waals surface area contributed by atoms with E-state index in [0.717, 1.165) is 18.5 Å².